The summed E-state index contributed by atoms with van der Waals surface area (Å²) < 4.78 is 7.56. The van der Waals surface area contributed by atoms with E-state index in [1.54, 1.807) is 0 Å². The van der Waals surface area contributed by atoms with Crippen molar-refractivity contribution >= 4 is 0 Å². The fourth-order valence-corrected chi connectivity index (χ4v) is 3.17. The van der Waals surface area contributed by atoms with Crippen LogP contribution in [0.15, 0.2) is 36.8 Å². The third-order valence-electron chi connectivity index (χ3n) is 4.02. The van der Waals surface area contributed by atoms with Gasteiger partial charge in [-0.3, -0.25) is 0 Å². The lowest BCUT2D eigenvalue weighted by Crippen LogP contribution is -2.27. The van der Waals surface area contributed by atoms with Gasteiger partial charge < -0.3 is 14.4 Å². The van der Waals surface area contributed by atoms with Gasteiger partial charge in [-0.1, -0.05) is 24.3 Å². The highest BCUT2D eigenvalue weighted by Gasteiger charge is 2.40. The third kappa shape index (κ3) is 1.24. The van der Waals surface area contributed by atoms with Gasteiger partial charge in [0.25, 0.3) is 0 Å². The van der Waals surface area contributed by atoms with Gasteiger partial charge in [-0.25, -0.2) is 4.98 Å². The Morgan fingerprint density at radius 3 is 3.00 bits per heavy atom. The maximum atomic E-state index is 10.1. The van der Waals surface area contributed by atoms with Crippen LogP contribution in [0.3, 0.4) is 0 Å². The molecule has 3 atom stereocenters. The Hall–Kier alpha value is -1.65. The van der Waals surface area contributed by atoms with Crippen LogP contribution in [0.25, 0.3) is 11.3 Å². The van der Waals surface area contributed by atoms with Crippen molar-refractivity contribution in [3.05, 3.63) is 42.4 Å². The Bertz CT molecular complexity index is 593. The molecule has 3 heterocycles. The molecule has 1 aromatic carbocycles. The number of aromatic nitrogens is 2. The van der Waals surface area contributed by atoms with Gasteiger partial charge in [0.1, 0.15) is 0 Å². The van der Waals surface area contributed by atoms with E-state index in [0.29, 0.717) is 13.2 Å². The summed E-state index contributed by atoms with van der Waals surface area (Å²) in [5.41, 5.74) is 3.62. The summed E-state index contributed by atoms with van der Waals surface area (Å²) in [5.74, 6) is 0.113. The highest BCUT2D eigenvalue weighted by molar-refractivity contribution is 5.69. The van der Waals surface area contributed by atoms with Crippen LogP contribution in [0.5, 0.6) is 0 Å². The first-order valence-corrected chi connectivity index (χ1v) is 6.23. The van der Waals surface area contributed by atoms with Gasteiger partial charge in [0, 0.05) is 11.5 Å². The number of nitrogens with zero attached hydrogens (tertiary/aromatic N) is 2. The molecule has 1 aromatic heterocycles. The monoisotopic (exact) mass is 242 g/mol. The van der Waals surface area contributed by atoms with Crippen LogP contribution >= 0.6 is 0 Å². The predicted octanol–water partition coefficient (Wildman–Crippen LogP) is 1.46. The van der Waals surface area contributed by atoms with Crippen molar-refractivity contribution in [1.82, 2.24) is 9.55 Å². The second kappa shape index (κ2) is 3.67. The molecule has 3 unspecified atom stereocenters. The molecule has 1 saturated heterocycles. The molecule has 2 aliphatic heterocycles. The Balaban J connectivity index is 1.89. The smallest absolute Gasteiger partial charge is 0.0956 e. The van der Waals surface area contributed by atoms with Crippen LogP contribution in [0, 0.1) is 5.92 Å². The summed E-state index contributed by atoms with van der Waals surface area (Å²) in [6, 6.07) is 8.49. The topological polar surface area (TPSA) is 47.3 Å². The Morgan fingerprint density at radius 2 is 2.17 bits per heavy atom. The number of ether oxygens (including phenoxy) is 1. The highest BCUT2D eigenvalue weighted by atomic mass is 16.5. The van der Waals surface area contributed by atoms with Crippen LogP contribution in [0.2, 0.25) is 0 Å². The fourth-order valence-electron chi connectivity index (χ4n) is 3.17. The van der Waals surface area contributed by atoms with Crippen molar-refractivity contribution in [2.24, 2.45) is 5.92 Å². The summed E-state index contributed by atoms with van der Waals surface area (Å²) in [4.78, 5) is 4.23. The van der Waals surface area contributed by atoms with E-state index < -0.39 is 6.10 Å². The first-order valence-electron chi connectivity index (χ1n) is 6.23. The minimum atomic E-state index is -0.392. The highest BCUT2D eigenvalue weighted by Crippen LogP contribution is 2.44. The van der Waals surface area contributed by atoms with Crippen molar-refractivity contribution in [2.45, 2.75) is 12.1 Å². The average molecular weight is 242 g/mol. The number of aliphatic hydroxyl groups is 1. The maximum absolute atomic E-state index is 10.1. The lowest BCUT2D eigenvalue weighted by molar-refractivity contribution is 0.111. The molecule has 2 aliphatic rings. The predicted molar refractivity (Wildman–Crippen MR) is 66.1 cm³/mol. The van der Waals surface area contributed by atoms with E-state index >= 15 is 0 Å². The summed E-state index contributed by atoms with van der Waals surface area (Å²) in [6.07, 6.45) is 3.35. The number of hydrogen-bond donors (Lipinski definition) is 1. The van der Waals surface area contributed by atoms with E-state index in [0.717, 1.165) is 5.69 Å². The normalized spacial score (nSPS) is 29.3. The Kier molecular flexibility index (Phi) is 2.10. The first kappa shape index (κ1) is 10.3. The van der Waals surface area contributed by atoms with Crippen LogP contribution in [0.4, 0.5) is 0 Å². The second-order valence-electron chi connectivity index (χ2n) is 4.99. The van der Waals surface area contributed by atoms with Crippen molar-refractivity contribution in [3.63, 3.8) is 0 Å². The van der Waals surface area contributed by atoms with E-state index in [1.807, 2.05) is 24.7 Å². The lowest BCUT2D eigenvalue weighted by Gasteiger charge is -2.23. The molecule has 0 radical (unpaired) electrons. The molecule has 4 rings (SSSR count). The SMILES string of the molecule is OC1COCC1C1c2ccccc2-c2cncn21. The zero-order valence-corrected chi connectivity index (χ0v) is 9.86. The summed E-state index contributed by atoms with van der Waals surface area (Å²) in [7, 11) is 0. The molecule has 0 bridgehead atoms. The molecule has 4 heteroatoms. The molecule has 92 valence electrons. The lowest BCUT2D eigenvalue weighted by atomic mass is 9.90. The van der Waals surface area contributed by atoms with Gasteiger partial charge in [-0.15, -0.1) is 0 Å². The van der Waals surface area contributed by atoms with Gasteiger partial charge in [0.15, 0.2) is 0 Å². The maximum Gasteiger partial charge on any atom is 0.0956 e. The van der Waals surface area contributed by atoms with Crippen LogP contribution < -0.4 is 0 Å². The number of imidazole rings is 1. The van der Waals surface area contributed by atoms with E-state index in [4.69, 9.17) is 4.74 Å². The standard InChI is InChI=1S/C14H14N2O2/c17-13-7-18-6-11(13)14-10-4-2-1-3-9(10)12-5-15-8-16(12)14/h1-5,8,11,13-14,17H,6-7H2. The molecule has 18 heavy (non-hydrogen) atoms. The fraction of sp³-hybridized carbons (Fsp3) is 0.357. The van der Waals surface area contributed by atoms with Gasteiger partial charge in [0.05, 0.1) is 43.6 Å². The number of aliphatic hydroxyl groups excluding tert-OH is 1. The van der Waals surface area contributed by atoms with Gasteiger partial charge in [0.2, 0.25) is 0 Å². The zero-order chi connectivity index (χ0) is 12.1. The first-order chi connectivity index (χ1) is 8.86. The Labute approximate surface area is 105 Å². The molecule has 0 saturated carbocycles. The van der Waals surface area contributed by atoms with E-state index in [-0.39, 0.29) is 12.0 Å². The number of benzene rings is 1. The molecule has 0 aliphatic carbocycles. The van der Waals surface area contributed by atoms with E-state index in [1.165, 1.54) is 11.1 Å². The van der Waals surface area contributed by atoms with Crippen LogP contribution in [0.1, 0.15) is 11.6 Å². The molecule has 1 N–H and O–H groups in total. The third-order valence-corrected chi connectivity index (χ3v) is 4.02. The van der Waals surface area contributed by atoms with Crippen molar-refractivity contribution in [3.8, 4) is 11.3 Å². The van der Waals surface area contributed by atoms with Crippen molar-refractivity contribution < 1.29 is 9.84 Å². The summed E-state index contributed by atoms with van der Waals surface area (Å²) in [6.45, 7) is 1.05. The quantitative estimate of drug-likeness (QED) is 0.823. The average Bonchev–Trinajstić information content (AvgIpc) is 3.05. The zero-order valence-electron chi connectivity index (χ0n) is 9.86. The van der Waals surface area contributed by atoms with Crippen molar-refractivity contribution in [2.75, 3.05) is 13.2 Å². The second-order valence-corrected chi connectivity index (χ2v) is 4.99. The van der Waals surface area contributed by atoms with E-state index in [2.05, 4.69) is 21.7 Å². The molecule has 2 aromatic rings. The molecule has 0 amide bonds. The van der Waals surface area contributed by atoms with Gasteiger partial charge >= 0.3 is 0 Å². The Morgan fingerprint density at radius 1 is 1.28 bits per heavy atom. The summed E-state index contributed by atoms with van der Waals surface area (Å²) in [5, 5.41) is 10.1. The van der Waals surface area contributed by atoms with Gasteiger partial charge in [-0.05, 0) is 5.56 Å². The largest absolute Gasteiger partial charge is 0.390 e. The number of fused-ring (bicyclic) bond motifs is 3. The number of rotatable bonds is 1. The van der Waals surface area contributed by atoms with E-state index in [9.17, 15) is 5.11 Å². The molecular formula is C14H14N2O2. The summed E-state index contributed by atoms with van der Waals surface area (Å²) >= 11 is 0. The molecule has 1 fully saturated rings. The van der Waals surface area contributed by atoms with Gasteiger partial charge in [-0.2, -0.15) is 0 Å². The molecule has 0 spiro atoms. The number of hydrogen-bond acceptors (Lipinski definition) is 3. The van der Waals surface area contributed by atoms with Crippen LogP contribution in [-0.4, -0.2) is 34.0 Å². The minimum absolute atomic E-state index is 0.113. The van der Waals surface area contributed by atoms with Crippen LogP contribution in [-0.2, 0) is 4.74 Å². The molecular weight excluding hydrogens is 228 g/mol. The minimum Gasteiger partial charge on any atom is -0.390 e. The molecule has 4 nitrogen and oxygen atoms in total. The van der Waals surface area contributed by atoms with Crippen molar-refractivity contribution in [1.29, 1.82) is 0 Å².